The molecule has 6 aliphatic heterocycles. The summed E-state index contributed by atoms with van der Waals surface area (Å²) in [6, 6.07) is 177. The molecular weight excluding hydrogens is 1800 g/mol. The van der Waals surface area contributed by atoms with E-state index in [1.165, 1.54) is 145 Å². The van der Waals surface area contributed by atoms with Gasteiger partial charge in [0.25, 0.3) is 0 Å². The number of hydrogen-bond acceptors (Lipinski definition) is 9. The third-order valence-corrected chi connectivity index (χ3v) is 31.3. The SMILES string of the molecule is CC1(C)c2cc(-c3ccc(N4c5ccccc5C(C)(C)c5ccccc54)cc3)ccc2Nc2ccc(-c3ccc(N4c5ccccc5C(C)(C)c5ccccc54)cc3)cc21.CC1(C)c2ccccc2Nc2ccc(-c3ccc(N(c4ccccc4)c4ccccc4)cc3)cc21.c1ccc2c(c1)Oc1ccccc1N2c1ccc(-c2ccc3[nH]c4ccc(-c5ccc(N6c7ccccc7Oc7ccccc76)cc5)cc4c3c2)cc1. The lowest BCUT2D eigenvalue weighted by atomic mass is 9.73. The molecule has 1 aromatic heterocycles. The number of rotatable bonds is 12. The maximum atomic E-state index is 6.23. The van der Waals surface area contributed by atoms with Gasteiger partial charge in [-0.2, -0.15) is 0 Å². The number of fused-ring (bicyclic) bond motifs is 15. The van der Waals surface area contributed by atoms with Crippen LogP contribution in [0.1, 0.15) is 99.9 Å². The van der Waals surface area contributed by atoms with Crippen LogP contribution >= 0.6 is 0 Å². The van der Waals surface area contributed by atoms with Gasteiger partial charge in [-0.3, -0.25) is 0 Å². The molecule has 712 valence electrons. The van der Waals surface area contributed by atoms with E-state index in [2.05, 4.69) is 538 Å². The summed E-state index contributed by atoms with van der Waals surface area (Å²) in [5, 5.41) is 9.84. The summed E-state index contributed by atoms with van der Waals surface area (Å²) < 4.78 is 12.5. The Morgan fingerprint density at radius 1 is 0.182 bits per heavy atom. The van der Waals surface area contributed by atoms with Crippen LogP contribution in [0.5, 0.6) is 23.0 Å². The molecule has 10 heteroatoms. The lowest BCUT2D eigenvalue weighted by Gasteiger charge is -2.42. The van der Waals surface area contributed by atoms with Gasteiger partial charge in [0.1, 0.15) is 0 Å². The van der Waals surface area contributed by atoms with Crippen molar-refractivity contribution >= 4 is 130 Å². The van der Waals surface area contributed by atoms with E-state index in [0.29, 0.717) is 0 Å². The quantitative estimate of drug-likeness (QED) is 0.111. The van der Waals surface area contributed by atoms with Gasteiger partial charge in [-0.1, -0.05) is 322 Å². The summed E-state index contributed by atoms with van der Waals surface area (Å²) in [7, 11) is 0. The molecule has 0 atom stereocenters. The average molecular weight is 1910 g/mol. The van der Waals surface area contributed by atoms with Crippen molar-refractivity contribution in [1.82, 2.24) is 4.98 Å². The number of benzene rings is 21. The van der Waals surface area contributed by atoms with Crippen molar-refractivity contribution in [2.45, 2.75) is 77.0 Å². The van der Waals surface area contributed by atoms with Crippen LogP contribution in [-0.4, -0.2) is 4.98 Å². The van der Waals surface area contributed by atoms with Crippen molar-refractivity contribution in [2.75, 3.05) is 35.1 Å². The maximum Gasteiger partial charge on any atom is 0.151 e. The Kier molecular flexibility index (Phi) is 21.7. The molecule has 3 N–H and O–H groups in total. The topological polar surface area (TPSA) is 74.5 Å². The molecule has 7 heterocycles. The van der Waals surface area contributed by atoms with Gasteiger partial charge in [-0.15, -0.1) is 0 Å². The third kappa shape index (κ3) is 15.5. The van der Waals surface area contributed by atoms with Crippen molar-refractivity contribution < 1.29 is 9.47 Å². The molecule has 22 aromatic rings. The Morgan fingerprint density at radius 2 is 0.405 bits per heavy atom. The molecule has 0 spiro atoms. The summed E-state index contributed by atoms with van der Waals surface area (Å²) >= 11 is 0. The van der Waals surface area contributed by atoms with Gasteiger partial charge < -0.3 is 49.6 Å². The molecular formula is C138H108N8O2. The minimum Gasteiger partial charge on any atom is -0.453 e. The van der Waals surface area contributed by atoms with E-state index in [1.54, 1.807) is 0 Å². The summed E-state index contributed by atoms with van der Waals surface area (Å²) in [5.74, 6) is 3.40. The van der Waals surface area contributed by atoms with Crippen molar-refractivity contribution in [3.63, 3.8) is 0 Å². The standard InChI is InChI=1S/C57H49N3.C48H31N3O2.C33H28N2/c1-55(2)43-15-7-11-19-51(43)59(52-20-12-8-16-44(52)55)41-29-23-37(24-30-41)39-27-33-49-47(35-39)57(5,6)48-36-40(28-34-50(48)58-49)38-25-31-42(32-26-38)60-53-21-13-9-17-45(53)56(3,4)46-18-10-14-22-54(46)60;1-5-13-45-41(9-1)50(42-10-2-6-14-46(42)52-45)35-23-17-31(18-24-35)33-21-27-39-37(29-33)38-30-34(22-28-40(38)49-39)32-19-25-36(26-20-32)51-43-11-3-7-15-47(43)53-48-16-8-4-12-44(48)51;1-33(2)29-15-9-10-16-31(29)34-32-22-19-25(23-30(32)33)24-17-20-28(21-18-24)35(26-11-5-3-6-12-26)27-13-7-4-8-14-27/h7-36,58H,1-6H3;1-30,49H;3-23,34H,1-2H3. The van der Waals surface area contributed by atoms with Crippen molar-refractivity contribution in [3.8, 4) is 78.6 Å². The lowest BCUT2D eigenvalue weighted by Crippen LogP contribution is -2.30. The molecule has 0 saturated carbocycles. The molecule has 0 amide bonds. The van der Waals surface area contributed by atoms with E-state index >= 15 is 0 Å². The van der Waals surface area contributed by atoms with Crippen molar-refractivity contribution in [3.05, 3.63) is 536 Å². The number of ether oxygens (including phenoxy) is 2. The van der Waals surface area contributed by atoms with Gasteiger partial charge in [0.05, 0.1) is 45.5 Å². The predicted molar refractivity (Wildman–Crippen MR) is 617 cm³/mol. The molecule has 10 nitrogen and oxygen atoms in total. The predicted octanol–water partition coefficient (Wildman–Crippen LogP) is 38.6. The Labute approximate surface area is 865 Å². The van der Waals surface area contributed by atoms with Gasteiger partial charge in [0.2, 0.25) is 0 Å². The molecule has 0 saturated heterocycles. The maximum absolute atomic E-state index is 6.23. The molecule has 0 unspecified atom stereocenters. The largest absolute Gasteiger partial charge is 0.453 e. The highest BCUT2D eigenvalue weighted by Gasteiger charge is 2.41. The van der Waals surface area contributed by atoms with Gasteiger partial charge >= 0.3 is 0 Å². The first-order valence-corrected chi connectivity index (χ1v) is 51.2. The second kappa shape index (κ2) is 35.9. The normalized spacial score (nSPS) is 14.2. The Balaban J connectivity index is 0.000000116. The molecule has 21 aromatic carbocycles. The molecule has 148 heavy (non-hydrogen) atoms. The Hall–Kier alpha value is -18.4. The van der Waals surface area contributed by atoms with E-state index in [1.807, 2.05) is 48.5 Å². The summed E-state index contributed by atoms with van der Waals surface area (Å²) in [5.41, 5.74) is 46.2. The fraction of sp³-hybridized carbons (Fsp3) is 0.0870. The number of nitrogens with zero attached hydrogens (tertiary/aromatic N) is 5. The monoisotopic (exact) mass is 1910 g/mol. The molecule has 0 aliphatic carbocycles. The number of hydrogen-bond donors (Lipinski definition) is 3. The second-order valence-electron chi connectivity index (χ2n) is 41.4. The number of para-hydroxylation sites is 15. The number of aromatic nitrogens is 1. The van der Waals surface area contributed by atoms with Crippen LogP contribution < -0.4 is 44.6 Å². The smallest absolute Gasteiger partial charge is 0.151 e. The summed E-state index contributed by atoms with van der Waals surface area (Å²) in [6.45, 7) is 18.7. The van der Waals surface area contributed by atoms with Crippen LogP contribution in [0.4, 0.5) is 108 Å². The van der Waals surface area contributed by atoms with Crippen LogP contribution in [0.15, 0.2) is 491 Å². The van der Waals surface area contributed by atoms with Crippen LogP contribution in [0, 0.1) is 0 Å². The van der Waals surface area contributed by atoms with E-state index in [0.717, 1.165) is 108 Å². The highest BCUT2D eigenvalue weighted by Crippen LogP contribution is 2.59. The summed E-state index contributed by atoms with van der Waals surface area (Å²) in [6.07, 6.45) is 0. The summed E-state index contributed by atoms with van der Waals surface area (Å²) in [4.78, 5) is 15.3. The zero-order valence-electron chi connectivity index (χ0n) is 83.8. The number of nitrogens with one attached hydrogen (secondary N) is 3. The fourth-order valence-corrected chi connectivity index (χ4v) is 23.5. The minimum atomic E-state index is -0.218. The first-order valence-electron chi connectivity index (χ1n) is 51.2. The van der Waals surface area contributed by atoms with Gasteiger partial charge in [0, 0.05) is 106 Å². The number of H-pyrrole nitrogens is 1. The highest BCUT2D eigenvalue weighted by molar-refractivity contribution is 6.10. The van der Waals surface area contributed by atoms with E-state index in [-0.39, 0.29) is 21.7 Å². The van der Waals surface area contributed by atoms with Crippen LogP contribution in [0.25, 0.3) is 77.4 Å². The molecule has 0 radical (unpaired) electrons. The van der Waals surface area contributed by atoms with Crippen molar-refractivity contribution in [2.24, 2.45) is 0 Å². The Morgan fingerprint density at radius 3 is 0.730 bits per heavy atom. The Bertz CT molecular complexity index is 8290. The zero-order valence-corrected chi connectivity index (χ0v) is 83.8. The van der Waals surface area contributed by atoms with Crippen molar-refractivity contribution in [1.29, 1.82) is 0 Å². The fourth-order valence-electron chi connectivity index (χ4n) is 23.5. The average Bonchev–Trinajstić information content (AvgIpc) is 0.925. The number of aromatic amines is 1. The molecule has 28 rings (SSSR count). The minimum absolute atomic E-state index is 0.0649. The van der Waals surface area contributed by atoms with Crippen LogP contribution in [0.2, 0.25) is 0 Å². The first-order chi connectivity index (χ1) is 72.4. The second-order valence-corrected chi connectivity index (χ2v) is 41.4. The molecule has 0 bridgehead atoms. The van der Waals surface area contributed by atoms with Crippen LogP contribution in [0.3, 0.4) is 0 Å². The van der Waals surface area contributed by atoms with E-state index in [4.69, 9.17) is 9.47 Å². The van der Waals surface area contributed by atoms with E-state index in [9.17, 15) is 0 Å². The highest BCUT2D eigenvalue weighted by atomic mass is 16.5. The van der Waals surface area contributed by atoms with Gasteiger partial charge in [-0.25, -0.2) is 0 Å². The molecule has 0 fully saturated rings. The van der Waals surface area contributed by atoms with Crippen LogP contribution in [-0.2, 0) is 21.7 Å². The zero-order chi connectivity index (χ0) is 99.7. The van der Waals surface area contributed by atoms with Gasteiger partial charge in [0.15, 0.2) is 23.0 Å². The van der Waals surface area contributed by atoms with E-state index < -0.39 is 0 Å². The number of anilines is 19. The molecule has 6 aliphatic rings. The first kappa shape index (κ1) is 89.7. The van der Waals surface area contributed by atoms with Gasteiger partial charge in [-0.05, 0) is 325 Å². The lowest BCUT2D eigenvalue weighted by molar-refractivity contribution is 0.477. The third-order valence-electron chi connectivity index (χ3n) is 31.3.